The zero-order valence-electron chi connectivity index (χ0n) is 15.4. The van der Waals surface area contributed by atoms with Gasteiger partial charge in [-0.05, 0) is 29.7 Å². The molecule has 0 saturated heterocycles. The van der Waals surface area contributed by atoms with E-state index in [2.05, 4.69) is 5.32 Å². The number of carbonyl (C=O) groups excluding carboxylic acids is 1. The lowest BCUT2D eigenvalue weighted by Crippen LogP contribution is -2.42. The number of carboxylic acids is 1. The molecule has 0 aliphatic carbocycles. The molecule has 6 heteroatoms. The molecule has 2 aromatic carbocycles. The Kier molecular flexibility index (Phi) is 8.16. The minimum Gasteiger partial charge on any atom is -0.489 e. The zero-order valence-corrected chi connectivity index (χ0v) is 15.4. The summed E-state index contributed by atoms with van der Waals surface area (Å²) in [6.07, 6.45) is 1.10. The smallest absolute Gasteiger partial charge is 0.407 e. The van der Waals surface area contributed by atoms with Crippen molar-refractivity contribution in [2.45, 2.75) is 38.8 Å². The highest BCUT2D eigenvalue weighted by atomic mass is 16.5. The summed E-state index contributed by atoms with van der Waals surface area (Å²) in [5, 5.41) is 11.7. The molecule has 1 amide bonds. The average molecular weight is 371 g/mol. The number of unbranched alkanes of at least 4 members (excludes halogenated alkanes) is 1. The molecule has 0 aliphatic heterocycles. The van der Waals surface area contributed by atoms with E-state index in [1.165, 1.54) is 0 Å². The van der Waals surface area contributed by atoms with E-state index in [1.807, 2.05) is 37.3 Å². The van der Waals surface area contributed by atoms with Crippen molar-refractivity contribution < 1.29 is 24.2 Å². The number of carbonyl (C=O) groups is 2. The van der Waals surface area contributed by atoms with E-state index >= 15 is 0 Å². The molecule has 0 saturated carbocycles. The number of hydrogen-bond acceptors (Lipinski definition) is 4. The summed E-state index contributed by atoms with van der Waals surface area (Å²) in [4.78, 5) is 23.1. The van der Waals surface area contributed by atoms with Gasteiger partial charge in [0.05, 0.1) is 6.61 Å². The highest BCUT2D eigenvalue weighted by Gasteiger charge is 2.21. The molecule has 0 heterocycles. The molecule has 0 bridgehead atoms. The van der Waals surface area contributed by atoms with E-state index in [1.54, 1.807) is 24.3 Å². The first-order chi connectivity index (χ1) is 13.1. The third-order valence-electron chi connectivity index (χ3n) is 3.93. The van der Waals surface area contributed by atoms with Gasteiger partial charge >= 0.3 is 12.1 Å². The van der Waals surface area contributed by atoms with Crippen LogP contribution in [0, 0.1) is 0 Å². The molecule has 1 atom stereocenters. The standard InChI is InChI=1S/C21H25NO5/c1-2-3-13-26-21(25)22-19(20(23)24)14-16-9-11-18(12-10-16)27-15-17-7-5-4-6-8-17/h4-12,19H,2-3,13-15H2,1H3,(H,22,25)(H,23,24). The first kappa shape index (κ1) is 20.3. The average Bonchev–Trinajstić information content (AvgIpc) is 2.68. The second kappa shape index (κ2) is 10.9. The number of aliphatic carboxylic acids is 1. The van der Waals surface area contributed by atoms with Crippen LogP contribution in [0.5, 0.6) is 5.75 Å². The topological polar surface area (TPSA) is 84.9 Å². The Balaban J connectivity index is 1.86. The van der Waals surface area contributed by atoms with Crippen LogP contribution in [-0.2, 0) is 22.6 Å². The Bertz CT molecular complexity index is 715. The predicted octanol–water partition coefficient (Wildman–Crippen LogP) is 3.79. The quantitative estimate of drug-likeness (QED) is 0.621. The van der Waals surface area contributed by atoms with E-state index in [4.69, 9.17) is 9.47 Å². The summed E-state index contributed by atoms with van der Waals surface area (Å²) in [5.74, 6) is -0.409. The van der Waals surface area contributed by atoms with Crippen LogP contribution < -0.4 is 10.1 Å². The van der Waals surface area contributed by atoms with Gasteiger partial charge < -0.3 is 19.9 Å². The largest absolute Gasteiger partial charge is 0.489 e. The first-order valence-corrected chi connectivity index (χ1v) is 9.00. The number of nitrogens with one attached hydrogen (secondary N) is 1. The van der Waals surface area contributed by atoms with Gasteiger partial charge in [0.2, 0.25) is 0 Å². The van der Waals surface area contributed by atoms with E-state index in [0.717, 1.165) is 24.0 Å². The number of carboxylic acid groups (broad SMARTS) is 1. The second-order valence-electron chi connectivity index (χ2n) is 6.15. The second-order valence-corrected chi connectivity index (χ2v) is 6.15. The summed E-state index contributed by atoms with van der Waals surface area (Å²) in [7, 11) is 0. The summed E-state index contributed by atoms with van der Waals surface area (Å²) in [6.45, 7) is 2.72. The third-order valence-corrected chi connectivity index (χ3v) is 3.93. The Morgan fingerprint density at radius 3 is 2.37 bits per heavy atom. The molecule has 27 heavy (non-hydrogen) atoms. The van der Waals surface area contributed by atoms with Gasteiger partial charge in [0.15, 0.2) is 0 Å². The summed E-state index contributed by atoms with van der Waals surface area (Å²) < 4.78 is 10.7. The Hall–Kier alpha value is -3.02. The van der Waals surface area contributed by atoms with Gasteiger partial charge in [0.1, 0.15) is 18.4 Å². The number of ether oxygens (including phenoxy) is 2. The van der Waals surface area contributed by atoms with Crippen LogP contribution in [0.1, 0.15) is 30.9 Å². The summed E-state index contributed by atoms with van der Waals surface area (Å²) in [5.41, 5.74) is 1.85. The molecule has 2 aromatic rings. The van der Waals surface area contributed by atoms with Crippen molar-refractivity contribution in [2.75, 3.05) is 6.61 Å². The molecule has 0 aromatic heterocycles. The predicted molar refractivity (Wildman–Crippen MR) is 102 cm³/mol. The minimum atomic E-state index is -1.10. The maximum absolute atomic E-state index is 11.7. The lowest BCUT2D eigenvalue weighted by Gasteiger charge is -2.15. The molecule has 2 rings (SSSR count). The van der Waals surface area contributed by atoms with Crippen LogP contribution in [0.4, 0.5) is 4.79 Å². The zero-order chi connectivity index (χ0) is 19.5. The maximum Gasteiger partial charge on any atom is 0.407 e. The van der Waals surface area contributed by atoms with Gasteiger partial charge in [-0.1, -0.05) is 55.8 Å². The summed E-state index contributed by atoms with van der Waals surface area (Å²) >= 11 is 0. The molecular weight excluding hydrogens is 346 g/mol. The molecule has 0 spiro atoms. The van der Waals surface area contributed by atoms with E-state index in [0.29, 0.717) is 12.4 Å². The van der Waals surface area contributed by atoms with E-state index < -0.39 is 18.1 Å². The van der Waals surface area contributed by atoms with Crippen LogP contribution >= 0.6 is 0 Å². The number of amides is 1. The van der Waals surface area contributed by atoms with Crippen molar-refractivity contribution in [3.05, 3.63) is 65.7 Å². The monoisotopic (exact) mass is 371 g/mol. The molecule has 0 aliphatic rings. The van der Waals surface area contributed by atoms with Crippen molar-refractivity contribution in [1.82, 2.24) is 5.32 Å². The Morgan fingerprint density at radius 2 is 1.74 bits per heavy atom. The van der Waals surface area contributed by atoms with Crippen LogP contribution in [0.25, 0.3) is 0 Å². The van der Waals surface area contributed by atoms with E-state index in [-0.39, 0.29) is 13.0 Å². The highest BCUT2D eigenvalue weighted by molar-refractivity contribution is 5.80. The van der Waals surface area contributed by atoms with Gasteiger partial charge in [0.25, 0.3) is 0 Å². The number of benzene rings is 2. The van der Waals surface area contributed by atoms with Gasteiger partial charge in [-0.3, -0.25) is 0 Å². The van der Waals surface area contributed by atoms with Crippen molar-refractivity contribution in [3.8, 4) is 5.75 Å². The van der Waals surface area contributed by atoms with Crippen molar-refractivity contribution in [2.24, 2.45) is 0 Å². The normalized spacial score (nSPS) is 11.4. The fourth-order valence-corrected chi connectivity index (χ4v) is 2.39. The molecule has 6 nitrogen and oxygen atoms in total. The molecule has 0 fully saturated rings. The van der Waals surface area contributed by atoms with Gasteiger partial charge in [-0.15, -0.1) is 0 Å². The third kappa shape index (κ3) is 7.40. The summed E-state index contributed by atoms with van der Waals surface area (Å²) in [6, 6.07) is 15.9. The molecule has 0 radical (unpaired) electrons. The van der Waals surface area contributed by atoms with Crippen LogP contribution in [0.3, 0.4) is 0 Å². The van der Waals surface area contributed by atoms with Gasteiger partial charge in [-0.25, -0.2) is 9.59 Å². The maximum atomic E-state index is 11.7. The van der Waals surface area contributed by atoms with Crippen molar-refractivity contribution >= 4 is 12.1 Å². The Labute approximate surface area is 159 Å². The van der Waals surface area contributed by atoms with Crippen molar-refractivity contribution in [3.63, 3.8) is 0 Å². The molecule has 2 N–H and O–H groups in total. The molecule has 1 unspecified atom stereocenters. The number of rotatable bonds is 10. The number of hydrogen-bond donors (Lipinski definition) is 2. The highest BCUT2D eigenvalue weighted by Crippen LogP contribution is 2.15. The lowest BCUT2D eigenvalue weighted by molar-refractivity contribution is -0.139. The Morgan fingerprint density at radius 1 is 1.04 bits per heavy atom. The fourth-order valence-electron chi connectivity index (χ4n) is 2.39. The SMILES string of the molecule is CCCCOC(=O)NC(Cc1ccc(OCc2ccccc2)cc1)C(=O)O. The molecule has 144 valence electrons. The van der Waals surface area contributed by atoms with Crippen molar-refractivity contribution in [1.29, 1.82) is 0 Å². The molecular formula is C21H25NO5. The van der Waals surface area contributed by atoms with Gasteiger partial charge in [-0.2, -0.15) is 0 Å². The van der Waals surface area contributed by atoms with Crippen LogP contribution in [0.2, 0.25) is 0 Å². The minimum absolute atomic E-state index is 0.164. The van der Waals surface area contributed by atoms with E-state index in [9.17, 15) is 14.7 Å². The lowest BCUT2D eigenvalue weighted by atomic mass is 10.1. The number of alkyl carbamates (subject to hydrolysis) is 1. The van der Waals surface area contributed by atoms with Crippen LogP contribution in [0.15, 0.2) is 54.6 Å². The fraction of sp³-hybridized carbons (Fsp3) is 0.333. The van der Waals surface area contributed by atoms with Crippen LogP contribution in [-0.4, -0.2) is 29.8 Å². The first-order valence-electron chi connectivity index (χ1n) is 9.00. The van der Waals surface area contributed by atoms with Gasteiger partial charge in [0, 0.05) is 6.42 Å².